The van der Waals surface area contributed by atoms with Crippen LogP contribution in [-0.4, -0.2) is 55.2 Å². The minimum atomic E-state index is 0.391. The number of ether oxygens (including phenoxy) is 2. The summed E-state index contributed by atoms with van der Waals surface area (Å²) < 4.78 is 11.2. The number of pyridine rings is 1. The molecule has 0 radical (unpaired) electrons. The molecule has 2 aliphatic rings. The number of aromatic nitrogens is 1. The zero-order valence-corrected chi connectivity index (χ0v) is 19.2. The summed E-state index contributed by atoms with van der Waals surface area (Å²) in [6, 6.07) is 16.9. The molecule has 1 spiro atoms. The number of nitrogens with zero attached hydrogens (tertiary/aromatic N) is 3. The summed E-state index contributed by atoms with van der Waals surface area (Å²) >= 11 is 0. The molecule has 2 saturated heterocycles. The standard InChI is InChI=1S/C27H33N3O2/c1-31-24-11-4-9-23(26(24)32-2)18-29-15-6-12-27(19-29)13-16-30(20-27)17-22-8-3-7-21-10-5-14-28-25(21)22/h3-5,7-11,14H,6,12-13,15-20H2,1-2H3. The molecule has 3 heterocycles. The van der Waals surface area contributed by atoms with E-state index >= 15 is 0 Å². The summed E-state index contributed by atoms with van der Waals surface area (Å²) in [5.74, 6) is 1.68. The van der Waals surface area contributed by atoms with Gasteiger partial charge >= 0.3 is 0 Å². The fraction of sp³-hybridized carbons (Fsp3) is 0.444. The summed E-state index contributed by atoms with van der Waals surface area (Å²) in [7, 11) is 3.44. The van der Waals surface area contributed by atoms with E-state index in [1.807, 2.05) is 18.3 Å². The molecule has 1 unspecified atom stereocenters. The van der Waals surface area contributed by atoms with Crippen molar-refractivity contribution >= 4 is 10.9 Å². The molecule has 0 bridgehead atoms. The van der Waals surface area contributed by atoms with E-state index in [0.29, 0.717) is 5.41 Å². The Labute approximate surface area is 191 Å². The van der Waals surface area contributed by atoms with Gasteiger partial charge in [0.05, 0.1) is 19.7 Å². The van der Waals surface area contributed by atoms with Crippen LogP contribution in [0.2, 0.25) is 0 Å². The second-order valence-electron chi connectivity index (χ2n) is 9.42. The van der Waals surface area contributed by atoms with Gasteiger partial charge < -0.3 is 9.47 Å². The average Bonchev–Trinajstić information content (AvgIpc) is 3.20. The highest BCUT2D eigenvalue weighted by Gasteiger charge is 2.41. The highest BCUT2D eigenvalue weighted by molar-refractivity contribution is 5.81. The molecule has 2 fully saturated rings. The van der Waals surface area contributed by atoms with Crippen LogP contribution in [0.15, 0.2) is 54.7 Å². The van der Waals surface area contributed by atoms with E-state index in [1.54, 1.807) is 14.2 Å². The molecule has 5 heteroatoms. The smallest absolute Gasteiger partial charge is 0.165 e. The normalized spacial score (nSPS) is 21.9. The first kappa shape index (κ1) is 21.2. The predicted molar refractivity (Wildman–Crippen MR) is 128 cm³/mol. The van der Waals surface area contributed by atoms with Gasteiger partial charge in [-0.2, -0.15) is 0 Å². The zero-order chi connectivity index (χ0) is 22.0. The topological polar surface area (TPSA) is 37.8 Å². The number of piperidine rings is 1. The molecule has 5 rings (SSSR count). The van der Waals surface area contributed by atoms with E-state index in [1.165, 1.54) is 48.9 Å². The second kappa shape index (κ2) is 9.08. The summed E-state index contributed by atoms with van der Waals surface area (Å²) in [5, 5.41) is 1.23. The first-order chi connectivity index (χ1) is 15.7. The Hall–Kier alpha value is -2.63. The van der Waals surface area contributed by atoms with Crippen molar-refractivity contribution in [2.24, 2.45) is 5.41 Å². The van der Waals surface area contributed by atoms with Gasteiger partial charge in [0.2, 0.25) is 0 Å². The van der Waals surface area contributed by atoms with Crippen molar-refractivity contribution < 1.29 is 9.47 Å². The minimum absolute atomic E-state index is 0.391. The summed E-state index contributed by atoms with van der Waals surface area (Å²) in [6.07, 6.45) is 5.76. The van der Waals surface area contributed by atoms with Crippen molar-refractivity contribution in [2.75, 3.05) is 40.4 Å². The van der Waals surface area contributed by atoms with Gasteiger partial charge in [-0.25, -0.2) is 0 Å². The van der Waals surface area contributed by atoms with Crippen LogP contribution in [0.4, 0.5) is 0 Å². The lowest BCUT2D eigenvalue weighted by Gasteiger charge is -2.40. The maximum Gasteiger partial charge on any atom is 0.165 e. The Morgan fingerprint density at radius 1 is 0.844 bits per heavy atom. The van der Waals surface area contributed by atoms with E-state index in [9.17, 15) is 0 Å². The summed E-state index contributed by atoms with van der Waals surface area (Å²) in [4.78, 5) is 9.91. The van der Waals surface area contributed by atoms with Crippen LogP contribution in [0.3, 0.4) is 0 Å². The highest BCUT2D eigenvalue weighted by Crippen LogP contribution is 2.41. The van der Waals surface area contributed by atoms with Gasteiger partial charge in [0.15, 0.2) is 11.5 Å². The van der Waals surface area contributed by atoms with Crippen molar-refractivity contribution in [3.8, 4) is 11.5 Å². The van der Waals surface area contributed by atoms with Crippen molar-refractivity contribution in [3.05, 3.63) is 65.9 Å². The fourth-order valence-electron chi connectivity index (χ4n) is 5.80. The highest BCUT2D eigenvalue weighted by atomic mass is 16.5. The number of hydrogen-bond acceptors (Lipinski definition) is 5. The van der Waals surface area contributed by atoms with E-state index in [0.717, 1.165) is 43.2 Å². The minimum Gasteiger partial charge on any atom is -0.493 e. The zero-order valence-electron chi connectivity index (χ0n) is 19.2. The molecule has 2 aliphatic heterocycles. The number of hydrogen-bond donors (Lipinski definition) is 0. The van der Waals surface area contributed by atoms with Gasteiger partial charge in [0, 0.05) is 43.3 Å². The number of rotatable bonds is 6. The van der Waals surface area contributed by atoms with Crippen molar-refractivity contribution in [2.45, 2.75) is 32.4 Å². The Kier molecular flexibility index (Phi) is 6.03. The molecular formula is C27H33N3O2. The lowest BCUT2D eigenvalue weighted by molar-refractivity contribution is 0.0859. The fourth-order valence-corrected chi connectivity index (χ4v) is 5.80. The molecule has 32 heavy (non-hydrogen) atoms. The number of para-hydroxylation sites is 2. The van der Waals surface area contributed by atoms with Crippen molar-refractivity contribution in [1.82, 2.24) is 14.8 Å². The molecule has 2 aromatic carbocycles. The second-order valence-corrected chi connectivity index (χ2v) is 9.42. The van der Waals surface area contributed by atoms with Crippen LogP contribution in [0, 0.1) is 5.41 Å². The first-order valence-electron chi connectivity index (χ1n) is 11.7. The van der Waals surface area contributed by atoms with E-state index < -0.39 is 0 Å². The van der Waals surface area contributed by atoms with Crippen molar-refractivity contribution in [1.29, 1.82) is 0 Å². The summed E-state index contributed by atoms with van der Waals surface area (Å²) in [5.41, 5.74) is 4.09. The van der Waals surface area contributed by atoms with Crippen LogP contribution in [0.5, 0.6) is 11.5 Å². The molecule has 1 aromatic heterocycles. The van der Waals surface area contributed by atoms with Gasteiger partial charge in [-0.3, -0.25) is 14.8 Å². The van der Waals surface area contributed by atoms with Gasteiger partial charge in [0.1, 0.15) is 0 Å². The van der Waals surface area contributed by atoms with Crippen LogP contribution >= 0.6 is 0 Å². The molecule has 0 amide bonds. The van der Waals surface area contributed by atoms with Crippen LogP contribution in [0.1, 0.15) is 30.4 Å². The van der Waals surface area contributed by atoms with Crippen LogP contribution in [0.25, 0.3) is 10.9 Å². The molecule has 0 aliphatic carbocycles. The third-order valence-electron chi connectivity index (χ3n) is 7.25. The summed E-state index contributed by atoms with van der Waals surface area (Å²) in [6.45, 7) is 6.53. The lowest BCUT2D eigenvalue weighted by atomic mass is 9.79. The molecule has 1 atom stereocenters. The van der Waals surface area contributed by atoms with E-state index in [4.69, 9.17) is 9.47 Å². The van der Waals surface area contributed by atoms with Gasteiger partial charge in [-0.15, -0.1) is 0 Å². The third-order valence-corrected chi connectivity index (χ3v) is 7.25. The largest absolute Gasteiger partial charge is 0.493 e. The predicted octanol–water partition coefficient (Wildman–Crippen LogP) is 4.74. The number of fused-ring (bicyclic) bond motifs is 1. The molecule has 3 aromatic rings. The molecule has 168 valence electrons. The van der Waals surface area contributed by atoms with E-state index in [-0.39, 0.29) is 0 Å². The first-order valence-corrected chi connectivity index (χ1v) is 11.7. The van der Waals surface area contributed by atoms with Crippen molar-refractivity contribution in [3.63, 3.8) is 0 Å². The quantitative estimate of drug-likeness (QED) is 0.564. The monoisotopic (exact) mass is 431 g/mol. The average molecular weight is 432 g/mol. The number of methoxy groups -OCH3 is 2. The number of benzene rings is 2. The Morgan fingerprint density at radius 2 is 1.59 bits per heavy atom. The van der Waals surface area contributed by atoms with Gasteiger partial charge in [-0.05, 0) is 55.5 Å². The SMILES string of the molecule is COc1cccc(CN2CCCC3(CCN(Cc4cccc5cccnc45)C3)C2)c1OC. The molecule has 0 saturated carbocycles. The Balaban J connectivity index is 1.27. The lowest BCUT2D eigenvalue weighted by Crippen LogP contribution is -2.44. The third kappa shape index (κ3) is 4.19. The van der Waals surface area contributed by atoms with Crippen LogP contribution < -0.4 is 9.47 Å². The maximum atomic E-state index is 5.68. The van der Waals surface area contributed by atoms with Gasteiger partial charge in [0.25, 0.3) is 0 Å². The Bertz CT molecular complexity index is 1080. The van der Waals surface area contributed by atoms with Gasteiger partial charge in [-0.1, -0.05) is 36.4 Å². The van der Waals surface area contributed by atoms with Crippen LogP contribution in [-0.2, 0) is 13.1 Å². The molecule has 0 N–H and O–H groups in total. The van der Waals surface area contributed by atoms with E-state index in [2.05, 4.69) is 51.2 Å². The number of likely N-dealkylation sites (tertiary alicyclic amines) is 2. The molecular weight excluding hydrogens is 398 g/mol. The molecule has 5 nitrogen and oxygen atoms in total. The Morgan fingerprint density at radius 3 is 2.44 bits per heavy atom. The maximum absolute atomic E-state index is 5.68.